The molecule has 0 aliphatic heterocycles. The molecule has 0 fully saturated rings. The minimum absolute atomic E-state index is 0.178. The number of nitrogens with one attached hydrogen (secondary N) is 2. The number of amides is 1. The molecule has 0 aliphatic rings. The molecule has 4 N–H and O–H groups in total. The van der Waals surface area contributed by atoms with E-state index in [1.165, 1.54) is 0 Å². The van der Waals surface area contributed by atoms with Crippen molar-refractivity contribution in [1.29, 1.82) is 5.41 Å². The Bertz CT molecular complexity index is 786. The Morgan fingerprint density at radius 1 is 1.24 bits per heavy atom. The third-order valence-corrected chi connectivity index (χ3v) is 4.36. The van der Waals surface area contributed by atoms with Crippen molar-refractivity contribution in [3.63, 3.8) is 0 Å². The second kappa shape index (κ2) is 8.17. The largest absolute Gasteiger partial charge is 0.398 e. The summed E-state index contributed by atoms with van der Waals surface area (Å²) in [6.45, 7) is 5.87. The summed E-state index contributed by atoms with van der Waals surface area (Å²) >= 11 is 6.32. The SMILES string of the molecule is CC(=N)c1cc(C(=O)N[C@@H](CC(C)C)c2ccccc2Cl)ccc1N. The van der Waals surface area contributed by atoms with E-state index in [9.17, 15) is 4.79 Å². The number of carbonyl (C=O) groups is 1. The molecule has 0 unspecified atom stereocenters. The van der Waals surface area contributed by atoms with E-state index < -0.39 is 0 Å². The fourth-order valence-electron chi connectivity index (χ4n) is 2.76. The Kier molecular flexibility index (Phi) is 6.21. The first-order valence-corrected chi connectivity index (χ1v) is 8.67. The van der Waals surface area contributed by atoms with Crippen LogP contribution >= 0.6 is 11.6 Å². The van der Waals surface area contributed by atoms with Gasteiger partial charge in [0.1, 0.15) is 0 Å². The first kappa shape index (κ1) is 19.0. The van der Waals surface area contributed by atoms with Gasteiger partial charge in [-0.05, 0) is 49.1 Å². The molecule has 0 spiro atoms. The van der Waals surface area contributed by atoms with E-state index in [2.05, 4.69) is 19.2 Å². The summed E-state index contributed by atoms with van der Waals surface area (Å²) in [6, 6.07) is 12.4. The maximum Gasteiger partial charge on any atom is 0.251 e. The first-order chi connectivity index (χ1) is 11.8. The first-order valence-electron chi connectivity index (χ1n) is 8.30. The molecule has 2 aromatic rings. The highest BCUT2D eigenvalue weighted by Gasteiger charge is 2.20. The summed E-state index contributed by atoms with van der Waals surface area (Å²) in [7, 11) is 0. The molecule has 0 aromatic heterocycles. The molecule has 0 saturated heterocycles. The number of carbonyl (C=O) groups excluding carboxylic acids is 1. The van der Waals surface area contributed by atoms with Crippen LogP contribution in [-0.2, 0) is 0 Å². The van der Waals surface area contributed by atoms with Gasteiger partial charge in [-0.3, -0.25) is 4.79 Å². The quantitative estimate of drug-likeness (QED) is 0.511. The molecule has 132 valence electrons. The van der Waals surface area contributed by atoms with Crippen LogP contribution in [0, 0.1) is 11.3 Å². The van der Waals surface area contributed by atoms with Crippen LogP contribution in [-0.4, -0.2) is 11.6 Å². The van der Waals surface area contributed by atoms with E-state index >= 15 is 0 Å². The second-order valence-corrected chi connectivity index (χ2v) is 7.01. The molecule has 5 heteroatoms. The number of anilines is 1. The van der Waals surface area contributed by atoms with Crippen LogP contribution in [0.4, 0.5) is 5.69 Å². The maximum atomic E-state index is 12.7. The molecule has 1 atom stereocenters. The van der Waals surface area contributed by atoms with Crippen LogP contribution in [0.2, 0.25) is 5.02 Å². The van der Waals surface area contributed by atoms with E-state index in [-0.39, 0.29) is 11.9 Å². The molecule has 1 amide bonds. The average molecular weight is 358 g/mol. The number of hydrogen-bond donors (Lipinski definition) is 3. The van der Waals surface area contributed by atoms with E-state index in [4.69, 9.17) is 22.7 Å². The van der Waals surface area contributed by atoms with Gasteiger partial charge in [0, 0.05) is 27.5 Å². The standard InChI is InChI=1S/C20H24ClN3O/c1-12(2)10-19(15-6-4-5-7-17(15)21)24-20(25)14-8-9-18(23)16(11-14)13(3)22/h4-9,11-12,19,22H,10,23H2,1-3H3,(H,24,25)/t19-/m0/s1. The van der Waals surface area contributed by atoms with Crippen LogP contribution in [0.15, 0.2) is 42.5 Å². The highest BCUT2D eigenvalue weighted by atomic mass is 35.5. The summed E-state index contributed by atoms with van der Waals surface area (Å²) < 4.78 is 0. The van der Waals surface area contributed by atoms with Crippen LogP contribution in [0.5, 0.6) is 0 Å². The number of benzene rings is 2. The fraction of sp³-hybridized carbons (Fsp3) is 0.300. The van der Waals surface area contributed by atoms with Gasteiger partial charge in [-0.1, -0.05) is 43.6 Å². The number of nitrogen functional groups attached to an aromatic ring is 1. The predicted molar refractivity (Wildman–Crippen MR) is 104 cm³/mol. The van der Waals surface area contributed by atoms with Crippen molar-refractivity contribution >= 4 is 28.9 Å². The van der Waals surface area contributed by atoms with Crippen molar-refractivity contribution in [1.82, 2.24) is 5.32 Å². The van der Waals surface area contributed by atoms with Gasteiger partial charge in [-0.15, -0.1) is 0 Å². The molecule has 0 radical (unpaired) electrons. The van der Waals surface area contributed by atoms with Gasteiger partial charge in [0.05, 0.1) is 6.04 Å². The average Bonchev–Trinajstić information content (AvgIpc) is 2.54. The number of nitrogens with two attached hydrogens (primary N) is 1. The van der Waals surface area contributed by atoms with Crippen molar-refractivity contribution in [3.05, 3.63) is 64.2 Å². The number of rotatable bonds is 6. The lowest BCUT2D eigenvalue weighted by Gasteiger charge is -2.22. The Hall–Kier alpha value is -2.33. The molecule has 0 heterocycles. The monoisotopic (exact) mass is 357 g/mol. The molecule has 25 heavy (non-hydrogen) atoms. The van der Waals surface area contributed by atoms with Crippen molar-refractivity contribution in [2.24, 2.45) is 5.92 Å². The second-order valence-electron chi connectivity index (χ2n) is 6.60. The normalized spacial score (nSPS) is 12.0. The molecule has 0 bridgehead atoms. The van der Waals surface area contributed by atoms with Crippen LogP contribution in [0.25, 0.3) is 0 Å². The molecule has 0 aliphatic carbocycles. The third kappa shape index (κ3) is 4.83. The van der Waals surface area contributed by atoms with Crippen molar-refractivity contribution in [3.8, 4) is 0 Å². The highest BCUT2D eigenvalue weighted by molar-refractivity contribution is 6.31. The van der Waals surface area contributed by atoms with Gasteiger partial charge in [-0.25, -0.2) is 0 Å². The number of hydrogen-bond acceptors (Lipinski definition) is 3. The van der Waals surface area contributed by atoms with Gasteiger partial charge >= 0.3 is 0 Å². The Labute approximate surface area is 153 Å². The summed E-state index contributed by atoms with van der Waals surface area (Å²) in [5.41, 5.74) is 8.67. The van der Waals surface area contributed by atoms with Crippen LogP contribution in [0.3, 0.4) is 0 Å². The van der Waals surface area contributed by atoms with Gasteiger partial charge in [-0.2, -0.15) is 0 Å². The van der Waals surface area contributed by atoms with E-state index in [1.807, 2.05) is 24.3 Å². The number of halogens is 1. The zero-order valence-electron chi connectivity index (χ0n) is 14.8. The van der Waals surface area contributed by atoms with E-state index in [1.54, 1.807) is 25.1 Å². The van der Waals surface area contributed by atoms with Gasteiger partial charge in [0.25, 0.3) is 5.91 Å². The minimum atomic E-state index is -0.201. The van der Waals surface area contributed by atoms with Crippen LogP contribution in [0.1, 0.15) is 54.7 Å². The maximum absolute atomic E-state index is 12.7. The molecular formula is C20H24ClN3O. The zero-order valence-corrected chi connectivity index (χ0v) is 15.5. The Morgan fingerprint density at radius 2 is 1.92 bits per heavy atom. The van der Waals surface area contributed by atoms with Gasteiger partial charge < -0.3 is 16.5 Å². The lowest BCUT2D eigenvalue weighted by Crippen LogP contribution is -2.30. The van der Waals surface area contributed by atoms with Gasteiger partial charge in [0.2, 0.25) is 0 Å². The minimum Gasteiger partial charge on any atom is -0.398 e. The molecule has 4 nitrogen and oxygen atoms in total. The predicted octanol–water partition coefficient (Wildman–Crippen LogP) is 4.83. The summed E-state index contributed by atoms with van der Waals surface area (Å²) in [4.78, 5) is 12.7. The molecule has 0 saturated carbocycles. The van der Waals surface area contributed by atoms with E-state index in [0.717, 1.165) is 12.0 Å². The molecule has 2 rings (SSSR count). The lowest BCUT2D eigenvalue weighted by molar-refractivity contribution is 0.0932. The topological polar surface area (TPSA) is 79.0 Å². The van der Waals surface area contributed by atoms with Gasteiger partial charge in [0.15, 0.2) is 0 Å². The Morgan fingerprint density at radius 3 is 2.52 bits per heavy atom. The van der Waals surface area contributed by atoms with Crippen molar-refractivity contribution in [2.45, 2.75) is 33.2 Å². The van der Waals surface area contributed by atoms with Crippen molar-refractivity contribution in [2.75, 3.05) is 5.73 Å². The summed E-state index contributed by atoms with van der Waals surface area (Å²) in [5.74, 6) is 0.195. The zero-order chi connectivity index (χ0) is 18.6. The van der Waals surface area contributed by atoms with E-state index in [0.29, 0.717) is 33.5 Å². The summed E-state index contributed by atoms with van der Waals surface area (Å²) in [6.07, 6.45) is 0.779. The highest BCUT2D eigenvalue weighted by Crippen LogP contribution is 2.28. The lowest BCUT2D eigenvalue weighted by atomic mass is 9.96. The summed E-state index contributed by atoms with van der Waals surface area (Å²) in [5, 5.41) is 11.5. The van der Waals surface area contributed by atoms with Crippen LogP contribution < -0.4 is 11.1 Å². The molecular weight excluding hydrogens is 334 g/mol. The van der Waals surface area contributed by atoms with Crippen molar-refractivity contribution < 1.29 is 4.79 Å². The third-order valence-electron chi connectivity index (χ3n) is 4.01. The fourth-order valence-corrected chi connectivity index (χ4v) is 3.02. The molecule has 2 aromatic carbocycles. The Balaban J connectivity index is 2.30. The smallest absolute Gasteiger partial charge is 0.251 e.